The first-order valence-electron chi connectivity index (χ1n) is 13.2. The normalized spacial score (nSPS) is 29.4. The maximum atomic E-state index is 13.5. The van der Waals surface area contributed by atoms with E-state index in [9.17, 15) is 9.59 Å². The molecule has 1 aliphatic heterocycles. The Balaban J connectivity index is 1.17. The molecule has 5 aliphatic rings. The lowest BCUT2D eigenvalue weighted by molar-refractivity contribution is -0.140. The van der Waals surface area contributed by atoms with Crippen LogP contribution in [-0.4, -0.2) is 23.3 Å². The molecule has 2 amide bonds. The van der Waals surface area contributed by atoms with E-state index in [2.05, 4.69) is 25.2 Å². The Bertz CT molecular complexity index is 1080. The van der Waals surface area contributed by atoms with Crippen molar-refractivity contribution in [2.75, 3.05) is 11.9 Å². The van der Waals surface area contributed by atoms with Crippen LogP contribution in [0.5, 0.6) is 0 Å². The zero-order valence-corrected chi connectivity index (χ0v) is 20.4. The van der Waals surface area contributed by atoms with Gasteiger partial charge in [-0.05, 0) is 80.4 Å². The summed E-state index contributed by atoms with van der Waals surface area (Å²) in [6, 6.07) is 10.1. The molecule has 4 saturated carbocycles. The maximum Gasteiger partial charge on any atom is 0.230 e. The highest BCUT2D eigenvalue weighted by atomic mass is 16.3. The molecule has 5 nitrogen and oxygen atoms in total. The summed E-state index contributed by atoms with van der Waals surface area (Å²) >= 11 is 0. The molecule has 1 aromatic carbocycles. The van der Waals surface area contributed by atoms with Crippen LogP contribution < -0.4 is 5.32 Å². The van der Waals surface area contributed by atoms with Gasteiger partial charge in [-0.15, -0.1) is 0 Å². The molecule has 4 fully saturated rings. The number of nitrogens with zero attached hydrogens (tertiary/aromatic N) is 1. The number of carbonyl (C=O) groups is 2. The highest BCUT2D eigenvalue weighted by molar-refractivity contribution is 5.96. The molecule has 0 saturated heterocycles. The Hall–Kier alpha value is -2.56. The van der Waals surface area contributed by atoms with Gasteiger partial charge in [0, 0.05) is 42.7 Å². The van der Waals surface area contributed by atoms with Crippen molar-refractivity contribution in [2.45, 2.75) is 71.8 Å². The second-order valence-electron chi connectivity index (χ2n) is 12.0. The second-order valence-corrected chi connectivity index (χ2v) is 12.0. The lowest BCUT2D eigenvalue weighted by Gasteiger charge is -2.55. The molecule has 180 valence electrons. The first-order chi connectivity index (χ1) is 16.4. The van der Waals surface area contributed by atoms with Crippen LogP contribution in [0.1, 0.15) is 70.1 Å². The highest BCUT2D eigenvalue weighted by Crippen LogP contribution is 2.60. The maximum absolute atomic E-state index is 13.5. The fourth-order valence-electron chi connectivity index (χ4n) is 7.57. The molecule has 1 N–H and O–H groups in total. The summed E-state index contributed by atoms with van der Waals surface area (Å²) in [6.45, 7) is 5.50. The summed E-state index contributed by atoms with van der Waals surface area (Å²) in [4.78, 5) is 28.0. The van der Waals surface area contributed by atoms with Gasteiger partial charge >= 0.3 is 0 Å². The quantitative estimate of drug-likeness (QED) is 0.592. The van der Waals surface area contributed by atoms with Gasteiger partial charge in [0.15, 0.2) is 0 Å². The fourth-order valence-corrected chi connectivity index (χ4v) is 7.57. The van der Waals surface area contributed by atoms with Crippen LogP contribution in [0.15, 0.2) is 34.7 Å². The standard InChI is InChI=1S/C29H36N2O3/c1-18(2)8-27(32)31-7-6-25-23(17-31)13-26(34-25)22-4-3-5-24(12-22)30-28(33)29-14-19-9-20(15-29)11-21(10-19)16-29/h3-5,12-13,18-21H,6-11,14-17H2,1-2H3,(H,30,33). The van der Waals surface area contributed by atoms with E-state index in [4.69, 9.17) is 4.42 Å². The number of anilines is 1. The Labute approximate surface area is 202 Å². The van der Waals surface area contributed by atoms with E-state index in [0.29, 0.717) is 25.4 Å². The van der Waals surface area contributed by atoms with Gasteiger partial charge in [0.25, 0.3) is 0 Å². The van der Waals surface area contributed by atoms with Crippen LogP contribution in [0.4, 0.5) is 5.69 Å². The molecule has 2 heterocycles. The number of carbonyl (C=O) groups excluding carboxylic acids is 2. The zero-order valence-electron chi connectivity index (χ0n) is 20.4. The molecule has 0 unspecified atom stereocenters. The van der Waals surface area contributed by atoms with E-state index in [1.54, 1.807) is 0 Å². The highest BCUT2D eigenvalue weighted by Gasteiger charge is 2.54. The fraction of sp³-hybridized carbons (Fsp3) is 0.586. The minimum atomic E-state index is -0.152. The lowest BCUT2D eigenvalue weighted by atomic mass is 9.49. The Morgan fingerprint density at radius 1 is 1.09 bits per heavy atom. The van der Waals surface area contributed by atoms with E-state index in [1.807, 2.05) is 29.2 Å². The Morgan fingerprint density at radius 2 is 1.79 bits per heavy atom. The molecule has 4 bridgehead atoms. The third-order valence-corrected chi connectivity index (χ3v) is 8.73. The molecule has 0 spiro atoms. The third kappa shape index (κ3) is 3.97. The summed E-state index contributed by atoms with van der Waals surface area (Å²) in [7, 11) is 0. The van der Waals surface area contributed by atoms with Gasteiger partial charge in [-0.3, -0.25) is 9.59 Å². The number of furan rings is 1. The molecule has 4 aliphatic carbocycles. The number of rotatable bonds is 5. The van der Waals surface area contributed by atoms with E-state index >= 15 is 0 Å². The van der Waals surface area contributed by atoms with Crippen LogP contribution in [-0.2, 0) is 22.6 Å². The minimum absolute atomic E-state index is 0.152. The monoisotopic (exact) mass is 460 g/mol. The summed E-state index contributed by atoms with van der Waals surface area (Å²) < 4.78 is 6.21. The molecule has 0 radical (unpaired) electrons. The van der Waals surface area contributed by atoms with Crippen molar-refractivity contribution < 1.29 is 14.0 Å². The van der Waals surface area contributed by atoms with Gasteiger partial charge in [0.2, 0.25) is 11.8 Å². The SMILES string of the molecule is CC(C)CC(=O)N1CCc2oc(-c3cccc(NC(=O)C45CC6CC(CC(C6)C4)C5)c3)cc2C1. The van der Waals surface area contributed by atoms with Crippen molar-refractivity contribution in [1.82, 2.24) is 4.90 Å². The smallest absolute Gasteiger partial charge is 0.230 e. The van der Waals surface area contributed by atoms with Crippen LogP contribution in [0.3, 0.4) is 0 Å². The van der Waals surface area contributed by atoms with Gasteiger partial charge < -0.3 is 14.6 Å². The van der Waals surface area contributed by atoms with Crippen molar-refractivity contribution in [3.63, 3.8) is 0 Å². The topological polar surface area (TPSA) is 62.6 Å². The van der Waals surface area contributed by atoms with Gasteiger partial charge in [-0.1, -0.05) is 26.0 Å². The molecule has 1 aromatic heterocycles. The summed E-state index contributed by atoms with van der Waals surface area (Å²) in [5, 5.41) is 3.28. The third-order valence-electron chi connectivity index (χ3n) is 8.73. The van der Waals surface area contributed by atoms with Crippen LogP contribution in [0.25, 0.3) is 11.3 Å². The Morgan fingerprint density at radius 3 is 2.47 bits per heavy atom. The largest absolute Gasteiger partial charge is 0.461 e. The van der Waals surface area contributed by atoms with E-state index in [0.717, 1.165) is 71.8 Å². The number of nitrogens with one attached hydrogen (secondary N) is 1. The number of benzene rings is 1. The van der Waals surface area contributed by atoms with Gasteiger partial charge in [-0.25, -0.2) is 0 Å². The first kappa shape index (κ1) is 21.9. The summed E-state index contributed by atoms with van der Waals surface area (Å²) in [5.74, 6) is 4.87. The van der Waals surface area contributed by atoms with Gasteiger partial charge in [0.05, 0.1) is 5.41 Å². The van der Waals surface area contributed by atoms with Crippen molar-refractivity contribution in [3.05, 3.63) is 41.7 Å². The Kier molecular flexibility index (Phi) is 5.34. The van der Waals surface area contributed by atoms with E-state index in [-0.39, 0.29) is 17.2 Å². The summed E-state index contributed by atoms with van der Waals surface area (Å²) in [6.07, 6.45) is 8.57. The molecule has 7 rings (SSSR count). The van der Waals surface area contributed by atoms with Crippen LogP contribution in [0.2, 0.25) is 0 Å². The summed E-state index contributed by atoms with van der Waals surface area (Å²) in [5.41, 5.74) is 2.76. The zero-order chi connectivity index (χ0) is 23.4. The van der Waals surface area contributed by atoms with Crippen molar-refractivity contribution in [1.29, 1.82) is 0 Å². The van der Waals surface area contributed by atoms with Crippen LogP contribution in [0, 0.1) is 29.1 Å². The van der Waals surface area contributed by atoms with Crippen molar-refractivity contribution in [3.8, 4) is 11.3 Å². The first-order valence-corrected chi connectivity index (χ1v) is 13.2. The van der Waals surface area contributed by atoms with E-state index < -0.39 is 0 Å². The van der Waals surface area contributed by atoms with Crippen molar-refractivity contribution >= 4 is 17.5 Å². The lowest BCUT2D eigenvalue weighted by Crippen LogP contribution is -2.51. The van der Waals surface area contributed by atoms with Crippen LogP contribution >= 0.6 is 0 Å². The average molecular weight is 461 g/mol. The predicted octanol–water partition coefficient (Wildman–Crippen LogP) is 6.03. The second kappa shape index (κ2) is 8.28. The molecule has 5 heteroatoms. The number of hydrogen-bond acceptors (Lipinski definition) is 3. The molecule has 0 atom stereocenters. The number of amides is 2. The van der Waals surface area contributed by atoms with Gasteiger partial charge in [-0.2, -0.15) is 0 Å². The molecule has 2 aromatic rings. The van der Waals surface area contributed by atoms with Gasteiger partial charge in [0.1, 0.15) is 11.5 Å². The molecular formula is C29H36N2O3. The predicted molar refractivity (Wildman–Crippen MR) is 132 cm³/mol. The van der Waals surface area contributed by atoms with E-state index in [1.165, 1.54) is 19.3 Å². The average Bonchev–Trinajstić information content (AvgIpc) is 3.21. The minimum Gasteiger partial charge on any atom is -0.461 e. The number of hydrogen-bond donors (Lipinski definition) is 1. The number of fused-ring (bicyclic) bond motifs is 1. The molecule has 34 heavy (non-hydrogen) atoms. The van der Waals surface area contributed by atoms with Crippen molar-refractivity contribution in [2.24, 2.45) is 29.1 Å². The molecular weight excluding hydrogens is 424 g/mol.